The number of carbonyl (C=O) groups excluding carboxylic acids is 1. The van der Waals surface area contributed by atoms with Gasteiger partial charge < -0.3 is 14.2 Å². The lowest BCUT2D eigenvalue weighted by Crippen LogP contribution is -2.00. The van der Waals surface area contributed by atoms with Crippen molar-refractivity contribution >= 4 is 11.9 Å². The molecule has 0 atom stereocenters. The molecule has 0 N–H and O–H groups in total. The van der Waals surface area contributed by atoms with E-state index in [0.29, 0.717) is 22.8 Å². The van der Waals surface area contributed by atoms with Gasteiger partial charge in [0.1, 0.15) is 0 Å². The Balaban J connectivity index is 2.32. The highest BCUT2D eigenvalue weighted by molar-refractivity contribution is 6.07. The summed E-state index contributed by atoms with van der Waals surface area (Å²) in [6, 6.07) is 6.92. The molecule has 1 heterocycles. The van der Waals surface area contributed by atoms with Crippen molar-refractivity contribution in [3.05, 3.63) is 53.9 Å². The SMILES string of the molecule is COc1cc(C(=O)C=Cc2cccnc2)cc(OC)c1OC. The maximum atomic E-state index is 12.3. The Bertz CT molecular complexity index is 655. The Morgan fingerprint density at radius 3 is 2.27 bits per heavy atom. The number of carbonyl (C=O) groups is 1. The third kappa shape index (κ3) is 3.44. The van der Waals surface area contributed by atoms with Gasteiger partial charge in [-0.3, -0.25) is 9.78 Å². The zero-order valence-electron chi connectivity index (χ0n) is 12.7. The average molecular weight is 299 g/mol. The molecule has 1 aromatic heterocycles. The van der Waals surface area contributed by atoms with Crippen molar-refractivity contribution in [3.63, 3.8) is 0 Å². The van der Waals surface area contributed by atoms with Crippen LogP contribution in [0, 0.1) is 0 Å². The Kier molecular flexibility index (Phi) is 5.14. The molecule has 0 spiro atoms. The molecule has 5 heteroatoms. The van der Waals surface area contributed by atoms with Gasteiger partial charge in [0.05, 0.1) is 21.3 Å². The van der Waals surface area contributed by atoms with Crippen LogP contribution in [0.25, 0.3) is 6.08 Å². The molecule has 1 aromatic carbocycles. The largest absolute Gasteiger partial charge is 0.493 e. The molecule has 5 nitrogen and oxygen atoms in total. The molecule has 0 bridgehead atoms. The smallest absolute Gasteiger partial charge is 0.203 e. The molecular formula is C17H17NO4. The van der Waals surface area contributed by atoms with Gasteiger partial charge in [-0.25, -0.2) is 0 Å². The first-order valence-electron chi connectivity index (χ1n) is 6.62. The summed E-state index contributed by atoms with van der Waals surface area (Å²) in [5, 5.41) is 0. The lowest BCUT2D eigenvalue weighted by Gasteiger charge is -2.13. The van der Waals surface area contributed by atoms with Gasteiger partial charge in [-0.2, -0.15) is 0 Å². The first kappa shape index (κ1) is 15.6. The van der Waals surface area contributed by atoms with Gasteiger partial charge in [0.2, 0.25) is 5.75 Å². The second kappa shape index (κ2) is 7.26. The number of hydrogen-bond acceptors (Lipinski definition) is 5. The third-order valence-electron chi connectivity index (χ3n) is 3.06. The van der Waals surface area contributed by atoms with Crippen LogP contribution in [-0.2, 0) is 0 Å². The number of aromatic nitrogens is 1. The van der Waals surface area contributed by atoms with Gasteiger partial charge in [0, 0.05) is 18.0 Å². The van der Waals surface area contributed by atoms with Crippen LogP contribution in [-0.4, -0.2) is 32.1 Å². The number of hydrogen-bond donors (Lipinski definition) is 0. The fourth-order valence-electron chi connectivity index (χ4n) is 1.97. The van der Waals surface area contributed by atoms with Crippen LogP contribution in [0.4, 0.5) is 0 Å². The first-order valence-corrected chi connectivity index (χ1v) is 6.62. The molecule has 2 rings (SSSR count). The monoisotopic (exact) mass is 299 g/mol. The van der Waals surface area contributed by atoms with E-state index in [1.54, 1.807) is 30.6 Å². The topological polar surface area (TPSA) is 57.7 Å². The van der Waals surface area contributed by atoms with Crippen LogP contribution in [0.15, 0.2) is 42.7 Å². The molecule has 0 aliphatic rings. The molecule has 0 saturated carbocycles. The van der Waals surface area contributed by atoms with Crippen LogP contribution in [0.5, 0.6) is 17.2 Å². The summed E-state index contributed by atoms with van der Waals surface area (Å²) in [6.45, 7) is 0. The van der Waals surface area contributed by atoms with E-state index in [4.69, 9.17) is 14.2 Å². The number of allylic oxidation sites excluding steroid dienone is 1. The minimum atomic E-state index is -0.164. The quantitative estimate of drug-likeness (QED) is 0.606. The summed E-state index contributed by atoms with van der Waals surface area (Å²) in [5.41, 5.74) is 1.30. The summed E-state index contributed by atoms with van der Waals surface area (Å²) in [6.07, 6.45) is 6.55. The number of benzene rings is 1. The van der Waals surface area contributed by atoms with E-state index in [1.807, 2.05) is 12.1 Å². The normalized spacial score (nSPS) is 10.5. The van der Waals surface area contributed by atoms with E-state index in [9.17, 15) is 4.79 Å². The molecule has 0 unspecified atom stereocenters. The van der Waals surface area contributed by atoms with E-state index in [1.165, 1.54) is 27.4 Å². The predicted octanol–water partition coefficient (Wildman–Crippen LogP) is 3.00. The molecule has 0 fully saturated rings. The van der Waals surface area contributed by atoms with Gasteiger partial charge >= 0.3 is 0 Å². The molecule has 0 amide bonds. The van der Waals surface area contributed by atoms with Gasteiger partial charge in [-0.15, -0.1) is 0 Å². The van der Waals surface area contributed by atoms with E-state index >= 15 is 0 Å². The van der Waals surface area contributed by atoms with Gasteiger partial charge in [-0.05, 0) is 35.9 Å². The highest BCUT2D eigenvalue weighted by atomic mass is 16.5. The van der Waals surface area contributed by atoms with Crippen molar-refractivity contribution in [1.29, 1.82) is 0 Å². The van der Waals surface area contributed by atoms with Crippen molar-refractivity contribution in [2.45, 2.75) is 0 Å². The molecule has 22 heavy (non-hydrogen) atoms. The van der Waals surface area contributed by atoms with Crippen molar-refractivity contribution in [2.24, 2.45) is 0 Å². The standard InChI is InChI=1S/C17H17NO4/c1-20-15-9-13(10-16(21-2)17(15)22-3)14(19)7-6-12-5-4-8-18-11-12/h4-11H,1-3H3. The fraction of sp³-hybridized carbons (Fsp3) is 0.176. The summed E-state index contributed by atoms with van der Waals surface area (Å²) in [7, 11) is 4.54. The summed E-state index contributed by atoms with van der Waals surface area (Å²) >= 11 is 0. The maximum absolute atomic E-state index is 12.3. The highest BCUT2D eigenvalue weighted by Gasteiger charge is 2.15. The minimum absolute atomic E-state index is 0.164. The summed E-state index contributed by atoms with van der Waals surface area (Å²) < 4.78 is 15.7. The second-order valence-corrected chi connectivity index (χ2v) is 4.40. The summed E-state index contributed by atoms with van der Waals surface area (Å²) in [5.74, 6) is 1.18. The fourth-order valence-corrected chi connectivity index (χ4v) is 1.97. The van der Waals surface area contributed by atoms with E-state index in [0.717, 1.165) is 5.56 Å². The average Bonchev–Trinajstić information content (AvgIpc) is 2.59. The molecule has 0 aliphatic carbocycles. The van der Waals surface area contributed by atoms with E-state index < -0.39 is 0 Å². The first-order chi connectivity index (χ1) is 10.7. The molecular weight excluding hydrogens is 282 g/mol. The Labute approximate surface area is 129 Å². The zero-order chi connectivity index (χ0) is 15.9. The third-order valence-corrected chi connectivity index (χ3v) is 3.06. The van der Waals surface area contributed by atoms with Crippen LogP contribution in [0.1, 0.15) is 15.9 Å². The lowest BCUT2D eigenvalue weighted by atomic mass is 10.1. The van der Waals surface area contributed by atoms with E-state index in [-0.39, 0.29) is 5.78 Å². The van der Waals surface area contributed by atoms with Gasteiger partial charge in [-0.1, -0.05) is 6.07 Å². The van der Waals surface area contributed by atoms with Crippen LogP contribution in [0.2, 0.25) is 0 Å². The van der Waals surface area contributed by atoms with Crippen molar-refractivity contribution < 1.29 is 19.0 Å². The van der Waals surface area contributed by atoms with Crippen molar-refractivity contribution in [2.75, 3.05) is 21.3 Å². The Morgan fingerprint density at radius 2 is 1.77 bits per heavy atom. The molecule has 0 saturated heterocycles. The number of nitrogens with zero attached hydrogens (tertiary/aromatic N) is 1. The van der Waals surface area contributed by atoms with Gasteiger partial charge in [0.15, 0.2) is 17.3 Å². The number of ether oxygens (including phenoxy) is 3. The number of methoxy groups -OCH3 is 3. The van der Waals surface area contributed by atoms with Crippen LogP contribution < -0.4 is 14.2 Å². The Morgan fingerprint density at radius 1 is 1.09 bits per heavy atom. The predicted molar refractivity (Wildman–Crippen MR) is 83.7 cm³/mol. The molecule has 0 radical (unpaired) electrons. The number of rotatable bonds is 6. The van der Waals surface area contributed by atoms with Crippen molar-refractivity contribution in [3.8, 4) is 17.2 Å². The van der Waals surface area contributed by atoms with Crippen molar-refractivity contribution in [1.82, 2.24) is 4.98 Å². The van der Waals surface area contributed by atoms with Gasteiger partial charge in [0.25, 0.3) is 0 Å². The second-order valence-electron chi connectivity index (χ2n) is 4.40. The maximum Gasteiger partial charge on any atom is 0.203 e. The molecule has 0 aliphatic heterocycles. The minimum Gasteiger partial charge on any atom is -0.493 e. The lowest BCUT2D eigenvalue weighted by molar-refractivity contribution is 0.104. The zero-order valence-corrected chi connectivity index (χ0v) is 12.7. The van der Waals surface area contributed by atoms with E-state index in [2.05, 4.69) is 4.98 Å². The number of ketones is 1. The summed E-state index contributed by atoms with van der Waals surface area (Å²) in [4.78, 5) is 16.3. The molecule has 114 valence electrons. The highest BCUT2D eigenvalue weighted by Crippen LogP contribution is 2.38. The number of pyridine rings is 1. The van der Waals surface area contributed by atoms with Crippen LogP contribution >= 0.6 is 0 Å². The Hall–Kier alpha value is -2.82. The molecule has 2 aromatic rings. The van der Waals surface area contributed by atoms with Crippen LogP contribution in [0.3, 0.4) is 0 Å².